The minimum atomic E-state index is 0.0878. The Morgan fingerprint density at radius 2 is 1.96 bits per heavy atom. The molecule has 5 heteroatoms. The van der Waals surface area contributed by atoms with Crippen molar-refractivity contribution in [2.24, 2.45) is 4.99 Å². The molecule has 0 aliphatic carbocycles. The van der Waals surface area contributed by atoms with Crippen LogP contribution in [0.25, 0.3) is 0 Å². The molecule has 1 aromatic carbocycles. The van der Waals surface area contributed by atoms with Crippen LogP contribution in [0.4, 0.5) is 0 Å². The first-order valence-corrected chi connectivity index (χ1v) is 8.08. The van der Waals surface area contributed by atoms with Gasteiger partial charge in [0.05, 0.1) is 12.8 Å². The molecule has 5 nitrogen and oxygen atoms in total. The summed E-state index contributed by atoms with van der Waals surface area (Å²) >= 11 is 0. The first-order chi connectivity index (χ1) is 11.3. The molecular weight excluding hydrogens is 290 g/mol. The van der Waals surface area contributed by atoms with Crippen molar-refractivity contribution in [3.05, 3.63) is 54.5 Å². The number of hydrogen-bond donors (Lipinski definition) is 2. The van der Waals surface area contributed by atoms with E-state index in [1.54, 1.807) is 6.26 Å². The SMILES string of the molecule is CCNC(=NCc1ccco1)NCC(CC)Oc1ccccc1. The highest BCUT2D eigenvalue weighted by Gasteiger charge is 2.09. The zero-order chi connectivity index (χ0) is 16.3. The molecule has 0 saturated carbocycles. The summed E-state index contributed by atoms with van der Waals surface area (Å²) in [6, 6.07) is 13.7. The Hall–Kier alpha value is -2.43. The summed E-state index contributed by atoms with van der Waals surface area (Å²) in [5.41, 5.74) is 0. The van der Waals surface area contributed by atoms with E-state index in [0.29, 0.717) is 13.1 Å². The second kappa shape index (κ2) is 9.56. The van der Waals surface area contributed by atoms with Gasteiger partial charge in [-0.1, -0.05) is 25.1 Å². The van der Waals surface area contributed by atoms with Crippen molar-refractivity contribution in [1.29, 1.82) is 0 Å². The molecule has 1 heterocycles. The lowest BCUT2D eigenvalue weighted by molar-refractivity contribution is 0.199. The maximum Gasteiger partial charge on any atom is 0.191 e. The van der Waals surface area contributed by atoms with Gasteiger partial charge in [-0.25, -0.2) is 4.99 Å². The number of benzene rings is 1. The van der Waals surface area contributed by atoms with Crippen LogP contribution in [-0.2, 0) is 6.54 Å². The van der Waals surface area contributed by atoms with E-state index in [1.807, 2.05) is 49.4 Å². The number of aliphatic imine (C=N–C) groups is 1. The van der Waals surface area contributed by atoms with Gasteiger partial charge in [0.25, 0.3) is 0 Å². The molecule has 1 unspecified atom stereocenters. The predicted molar refractivity (Wildman–Crippen MR) is 92.7 cm³/mol. The minimum absolute atomic E-state index is 0.0878. The molecular formula is C18H25N3O2. The molecule has 2 N–H and O–H groups in total. The van der Waals surface area contributed by atoms with Crippen molar-refractivity contribution in [2.75, 3.05) is 13.1 Å². The second-order valence-corrected chi connectivity index (χ2v) is 5.12. The smallest absolute Gasteiger partial charge is 0.191 e. The molecule has 0 fully saturated rings. The number of furan rings is 1. The third-order valence-electron chi connectivity index (χ3n) is 3.32. The maximum atomic E-state index is 5.98. The molecule has 1 aromatic heterocycles. The van der Waals surface area contributed by atoms with Gasteiger partial charge >= 0.3 is 0 Å². The van der Waals surface area contributed by atoms with Crippen molar-refractivity contribution in [1.82, 2.24) is 10.6 Å². The van der Waals surface area contributed by atoms with E-state index in [9.17, 15) is 0 Å². The highest BCUT2D eigenvalue weighted by atomic mass is 16.5. The first-order valence-electron chi connectivity index (χ1n) is 8.08. The lowest BCUT2D eigenvalue weighted by atomic mass is 10.2. The van der Waals surface area contributed by atoms with Gasteiger partial charge in [0.15, 0.2) is 5.96 Å². The maximum absolute atomic E-state index is 5.98. The monoisotopic (exact) mass is 315 g/mol. The van der Waals surface area contributed by atoms with Gasteiger partial charge in [0.2, 0.25) is 0 Å². The average Bonchev–Trinajstić information content (AvgIpc) is 3.10. The van der Waals surface area contributed by atoms with Crippen LogP contribution in [0.5, 0.6) is 5.75 Å². The number of guanidine groups is 1. The first kappa shape index (κ1) is 16.9. The molecule has 0 aliphatic heterocycles. The lowest BCUT2D eigenvalue weighted by Gasteiger charge is -2.19. The fourth-order valence-electron chi connectivity index (χ4n) is 2.07. The van der Waals surface area contributed by atoms with Gasteiger partial charge < -0.3 is 19.8 Å². The summed E-state index contributed by atoms with van der Waals surface area (Å²) in [6.45, 7) is 6.17. The number of nitrogens with zero attached hydrogens (tertiary/aromatic N) is 1. The summed E-state index contributed by atoms with van der Waals surface area (Å²) < 4.78 is 11.3. The molecule has 2 rings (SSSR count). The molecule has 0 aliphatic rings. The highest BCUT2D eigenvalue weighted by Crippen LogP contribution is 2.12. The highest BCUT2D eigenvalue weighted by molar-refractivity contribution is 5.79. The third-order valence-corrected chi connectivity index (χ3v) is 3.32. The van der Waals surface area contributed by atoms with Crippen molar-refractivity contribution < 1.29 is 9.15 Å². The number of ether oxygens (including phenoxy) is 1. The van der Waals surface area contributed by atoms with E-state index >= 15 is 0 Å². The van der Waals surface area contributed by atoms with E-state index in [-0.39, 0.29) is 6.10 Å². The molecule has 2 aromatic rings. The Morgan fingerprint density at radius 1 is 1.13 bits per heavy atom. The number of hydrogen-bond acceptors (Lipinski definition) is 3. The van der Waals surface area contributed by atoms with Crippen molar-refractivity contribution in [3.63, 3.8) is 0 Å². The molecule has 23 heavy (non-hydrogen) atoms. The van der Waals surface area contributed by atoms with E-state index in [2.05, 4.69) is 22.5 Å². The van der Waals surface area contributed by atoms with E-state index in [0.717, 1.165) is 30.4 Å². The summed E-state index contributed by atoms with van der Waals surface area (Å²) in [5, 5.41) is 6.56. The lowest BCUT2D eigenvalue weighted by Crippen LogP contribution is -2.42. The Balaban J connectivity index is 1.87. The van der Waals surface area contributed by atoms with Gasteiger partial charge in [-0.3, -0.25) is 0 Å². The zero-order valence-electron chi connectivity index (χ0n) is 13.8. The van der Waals surface area contributed by atoms with Crippen LogP contribution in [0.3, 0.4) is 0 Å². The van der Waals surface area contributed by atoms with E-state index < -0.39 is 0 Å². The number of rotatable bonds is 8. The van der Waals surface area contributed by atoms with Gasteiger partial charge in [-0.2, -0.15) is 0 Å². The van der Waals surface area contributed by atoms with Crippen molar-refractivity contribution in [2.45, 2.75) is 32.9 Å². The molecule has 0 radical (unpaired) electrons. The predicted octanol–water partition coefficient (Wildman–Crippen LogP) is 3.19. The van der Waals surface area contributed by atoms with Gasteiger partial charge in [-0.15, -0.1) is 0 Å². The molecule has 0 saturated heterocycles. The fraction of sp³-hybridized carbons (Fsp3) is 0.389. The van der Waals surface area contributed by atoms with Gasteiger partial charge in [0, 0.05) is 6.54 Å². The van der Waals surface area contributed by atoms with Crippen molar-refractivity contribution >= 4 is 5.96 Å². The summed E-state index contributed by atoms with van der Waals surface area (Å²) in [7, 11) is 0. The summed E-state index contributed by atoms with van der Waals surface area (Å²) in [6.07, 6.45) is 2.66. The van der Waals surface area contributed by atoms with E-state index in [4.69, 9.17) is 9.15 Å². The van der Waals surface area contributed by atoms with Crippen LogP contribution < -0.4 is 15.4 Å². The van der Waals surface area contributed by atoms with E-state index in [1.165, 1.54) is 0 Å². The second-order valence-electron chi connectivity index (χ2n) is 5.12. The Labute approximate surface area is 137 Å². The molecule has 0 spiro atoms. The Morgan fingerprint density at radius 3 is 2.61 bits per heavy atom. The Kier molecular flexibility index (Phi) is 7.04. The topological polar surface area (TPSA) is 58.8 Å². The standard InChI is InChI=1S/C18H25N3O2/c1-3-15(23-16-9-6-5-7-10-16)13-20-18(19-4-2)21-14-17-11-8-12-22-17/h5-12,15H,3-4,13-14H2,1-2H3,(H2,19,20,21). The fourth-order valence-corrected chi connectivity index (χ4v) is 2.07. The van der Waals surface area contributed by atoms with Crippen LogP contribution in [0.1, 0.15) is 26.0 Å². The van der Waals surface area contributed by atoms with Crippen LogP contribution in [-0.4, -0.2) is 25.2 Å². The average molecular weight is 315 g/mol. The number of para-hydroxylation sites is 1. The minimum Gasteiger partial charge on any atom is -0.489 e. The zero-order valence-corrected chi connectivity index (χ0v) is 13.8. The van der Waals surface area contributed by atoms with Gasteiger partial charge in [-0.05, 0) is 37.6 Å². The van der Waals surface area contributed by atoms with Crippen LogP contribution in [0, 0.1) is 0 Å². The van der Waals surface area contributed by atoms with Crippen LogP contribution in [0.15, 0.2) is 58.1 Å². The van der Waals surface area contributed by atoms with Crippen LogP contribution >= 0.6 is 0 Å². The number of nitrogens with one attached hydrogen (secondary N) is 2. The summed E-state index contributed by atoms with van der Waals surface area (Å²) in [5.74, 6) is 2.49. The quantitative estimate of drug-likeness (QED) is 0.580. The summed E-state index contributed by atoms with van der Waals surface area (Å²) in [4.78, 5) is 4.51. The third kappa shape index (κ3) is 6.06. The largest absolute Gasteiger partial charge is 0.489 e. The molecule has 0 bridgehead atoms. The van der Waals surface area contributed by atoms with Crippen molar-refractivity contribution in [3.8, 4) is 5.75 Å². The van der Waals surface area contributed by atoms with Crippen LogP contribution in [0.2, 0.25) is 0 Å². The molecule has 0 amide bonds. The normalized spacial score (nSPS) is 12.7. The van der Waals surface area contributed by atoms with Gasteiger partial charge in [0.1, 0.15) is 24.2 Å². The Bertz CT molecular complexity index is 567. The molecule has 1 atom stereocenters. The molecule has 124 valence electrons.